The fourth-order valence-electron chi connectivity index (χ4n) is 3.00. The van der Waals surface area contributed by atoms with Crippen molar-refractivity contribution in [3.8, 4) is 0 Å². The van der Waals surface area contributed by atoms with Gasteiger partial charge in [-0.1, -0.05) is 6.92 Å². The molecule has 2 aromatic rings. The highest BCUT2D eigenvalue weighted by Crippen LogP contribution is 2.36. The van der Waals surface area contributed by atoms with Crippen molar-refractivity contribution < 1.29 is 27.5 Å². The van der Waals surface area contributed by atoms with Gasteiger partial charge in [-0.05, 0) is 42.5 Å². The van der Waals surface area contributed by atoms with Gasteiger partial charge in [0.15, 0.2) is 9.84 Å². The molecule has 1 aliphatic heterocycles. The standard InChI is InChI=1S/C21H22N2O6S2/c1-13-11-20(25)23-17-12-16(7-8-18(17)30-13)31(27,28)10-9-19(24)22-15-5-3-14(4-6-15)21(26)29-2/h3-8,12-13H,9-11H2,1-2H3,(H,22,24)(H,23,25). The largest absolute Gasteiger partial charge is 0.465 e. The van der Waals surface area contributed by atoms with E-state index in [9.17, 15) is 22.8 Å². The van der Waals surface area contributed by atoms with Gasteiger partial charge in [0.05, 0.1) is 29.0 Å². The smallest absolute Gasteiger partial charge is 0.337 e. The minimum absolute atomic E-state index is 0.0527. The fraction of sp³-hybridized carbons (Fsp3) is 0.286. The molecular formula is C21H22N2O6S2. The van der Waals surface area contributed by atoms with Crippen molar-refractivity contribution in [1.82, 2.24) is 0 Å². The van der Waals surface area contributed by atoms with Gasteiger partial charge in [-0.25, -0.2) is 13.2 Å². The van der Waals surface area contributed by atoms with Crippen molar-refractivity contribution in [3.63, 3.8) is 0 Å². The van der Waals surface area contributed by atoms with E-state index in [2.05, 4.69) is 15.4 Å². The SMILES string of the molecule is COC(=O)c1ccc(NC(=O)CCS(=O)(=O)c2ccc3c(c2)NC(=O)CC(C)S3)cc1. The Morgan fingerprint density at radius 2 is 1.90 bits per heavy atom. The summed E-state index contributed by atoms with van der Waals surface area (Å²) in [4.78, 5) is 36.4. The summed E-state index contributed by atoms with van der Waals surface area (Å²) in [6, 6.07) is 10.7. The molecular weight excluding hydrogens is 440 g/mol. The third-order valence-corrected chi connectivity index (χ3v) is 7.47. The van der Waals surface area contributed by atoms with E-state index in [1.807, 2.05) is 6.92 Å². The van der Waals surface area contributed by atoms with Crippen LogP contribution in [0.15, 0.2) is 52.3 Å². The number of hydrogen-bond donors (Lipinski definition) is 2. The van der Waals surface area contributed by atoms with Crippen LogP contribution in [0.25, 0.3) is 0 Å². The van der Waals surface area contributed by atoms with Crippen LogP contribution in [0, 0.1) is 0 Å². The van der Waals surface area contributed by atoms with Gasteiger partial charge in [-0.15, -0.1) is 11.8 Å². The molecule has 8 nitrogen and oxygen atoms in total. The highest BCUT2D eigenvalue weighted by Gasteiger charge is 2.23. The van der Waals surface area contributed by atoms with Crippen LogP contribution in [0.3, 0.4) is 0 Å². The average Bonchev–Trinajstić information content (AvgIpc) is 2.87. The van der Waals surface area contributed by atoms with Gasteiger partial charge in [-0.2, -0.15) is 0 Å². The van der Waals surface area contributed by atoms with E-state index in [0.29, 0.717) is 23.4 Å². The minimum Gasteiger partial charge on any atom is -0.465 e. The van der Waals surface area contributed by atoms with Crippen molar-refractivity contribution in [1.29, 1.82) is 0 Å². The minimum atomic E-state index is -3.73. The Morgan fingerprint density at radius 1 is 1.19 bits per heavy atom. The molecule has 0 radical (unpaired) electrons. The molecule has 0 aliphatic carbocycles. The summed E-state index contributed by atoms with van der Waals surface area (Å²) in [7, 11) is -2.45. The first-order valence-corrected chi connectivity index (χ1v) is 12.0. The lowest BCUT2D eigenvalue weighted by atomic mass is 10.2. The number of carbonyl (C=O) groups excluding carboxylic acids is 3. The molecule has 0 aromatic heterocycles. The van der Waals surface area contributed by atoms with Crippen LogP contribution in [0.1, 0.15) is 30.1 Å². The Morgan fingerprint density at radius 3 is 2.58 bits per heavy atom. The van der Waals surface area contributed by atoms with Crippen LogP contribution in [0.2, 0.25) is 0 Å². The third kappa shape index (κ3) is 5.86. The number of carbonyl (C=O) groups is 3. The maximum Gasteiger partial charge on any atom is 0.337 e. The molecule has 0 fully saturated rings. The predicted octanol–water partition coefficient (Wildman–Crippen LogP) is 3.10. The van der Waals surface area contributed by atoms with Gasteiger partial charge in [0, 0.05) is 28.7 Å². The molecule has 3 rings (SSSR count). The van der Waals surface area contributed by atoms with Crippen LogP contribution < -0.4 is 10.6 Å². The maximum absolute atomic E-state index is 12.7. The molecule has 164 valence electrons. The Hall–Kier alpha value is -2.85. The van der Waals surface area contributed by atoms with Crippen molar-refractivity contribution in [2.45, 2.75) is 34.8 Å². The number of sulfone groups is 1. The summed E-state index contributed by atoms with van der Waals surface area (Å²) < 4.78 is 30.0. The normalized spacial score (nSPS) is 15.9. The molecule has 2 N–H and O–H groups in total. The van der Waals surface area contributed by atoms with Crippen LogP contribution in [0.5, 0.6) is 0 Å². The zero-order chi connectivity index (χ0) is 22.6. The number of fused-ring (bicyclic) bond motifs is 1. The monoisotopic (exact) mass is 462 g/mol. The third-order valence-electron chi connectivity index (χ3n) is 4.57. The number of thioether (sulfide) groups is 1. The van der Waals surface area contributed by atoms with E-state index >= 15 is 0 Å². The first-order chi connectivity index (χ1) is 14.7. The molecule has 0 saturated carbocycles. The predicted molar refractivity (Wildman–Crippen MR) is 118 cm³/mol. The summed E-state index contributed by atoms with van der Waals surface area (Å²) in [6.45, 7) is 1.94. The molecule has 0 spiro atoms. The van der Waals surface area contributed by atoms with E-state index < -0.39 is 21.7 Å². The molecule has 1 unspecified atom stereocenters. The number of hydrogen-bond acceptors (Lipinski definition) is 7. The average molecular weight is 463 g/mol. The van der Waals surface area contributed by atoms with Crippen molar-refractivity contribution >= 4 is 50.8 Å². The zero-order valence-corrected chi connectivity index (χ0v) is 18.6. The van der Waals surface area contributed by atoms with Crippen LogP contribution in [-0.2, 0) is 24.2 Å². The van der Waals surface area contributed by atoms with Crippen molar-refractivity contribution in [2.75, 3.05) is 23.5 Å². The highest BCUT2D eigenvalue weighted by atomic mass is 32.2. The molecule has 0 saturated heterocycles. The number of benzene rings is 2. The molecule has 1 aliphatic rings. The van der Waals surface area contributed by atoms with Gasteiger partial charge in [-0.3, -0.25) is 9.59 Å². The van der Waals surface area contributed by atoms with Crippen LogP contribution in [0.4, 0.5) is 11.4 Å². The van der Waals surface area contributed by atoms with Crippen molar-refractivity contribution in [3.05, 3.63) is 48.0 Å². The first kappa shape index (κ1) is 22.8. The van der Waals surface area contributed by atoms with Crippen molar-refractivity contribution in [2.24, 2.45) is 0 Å². The number of esters is 1. The molecule has 1 heterocycles. The Bertz CT molecular complexity index is 1110. The van der Waals surface area contributed by atoms with Crippen LogP contribution >= 0.6 is 11.8 Å². The van der Waals surface area contributed by atoms with E-state index in [4.69, 9.17) is 0 Å². The van der Waals surface area contributed by atoms with Gasteiger partial charge in [0.2, 0.25) is 11.8 Å². The number of anilines is 2. The second-order valence-corrected chi connectivity index (χ2v) is 10.6. The summed E-state index contributed by atoms with van der Waals surface area (Å²) in [5, 5.41) is 5.44. The quantitative estimate of drug-likeness (QED) is 0.633. The molecule has 2 aromatic carbocycles. The van der Waals surface area contributed by atoms with Gasteiger partial charge < -0.3 is 15.4 Å². The summed E-state index contributed by atoms with van der Waals surface area (Å²) in [5.74, 6) is -1.50. The maximum atomic E-state index is 12.7. The molecule has 2 amide bonds. The van der Waals surface area contributed by atoms with E-state index in [1.54, 1.807) is 6.07 Å². The van der Waals surface area contributed by atoms with E-state index in [0.717, 1.165) is 4.90 Å². The summed E-state index contributed by atoms with van der Waals surface area (Å²) in [5.41, 5.74) is 1.25. The molecule has 1 atom stereocenters. The van der Waals surface area contributed by atoms with Gasteiger partial charge in [0.25, 0.3) is 0 Å². The number of methoxy groups -OCH3 is 1. The second kappa shape index (κ2) is 9.52. The number of nitrogens with one attached hydrogen (secondary N) is 2. The summed E-state index contributed by atoms with van der Waals surface area (Å²) >= 11 is 1.51. The van der Waals surface area contributed by atoms with E-state index in [-0.39, 0.29) is 28.2 Å². The van der Waals surface area contributed by atoms with E-state index in [1.165, 1.54) is 55.3 Å². The Balaban J connectivity index is 1.64. The molecule has 10 heteroatoms. The number of rotatable bonds is 6. The first-order valence-electron chi connectivity index (χ1n) is 9.49. The number of ether oxygens (including phenoxy) is 1. The lowest BCUT2D eigenvalue weighted by molar-refractivity contribution is -0.116. The number of amides is 2. The summed E-state index contributed by atoms with van der Waals surface area (Å²) in [6.07, 6.45) is 0.110. The highest BCUT2D eigenvalue weighted by molar-refractivity contribution is 8.00. The topological polar surface area (TPSA) is 119 Å². The van der Waals surface area contributed by atoms with Gasteiger partial charge in [0.1, 0.15) is 0 Å². The zero-order valence-electron chi connectivity index (χ0n) is 17.0. The second-order valence-electron chi connectivity index (χ2n) is 7.02. The lowest BCUT2D eigenvalue weighted by Crippen LogP contribution is -2.18. The molecule has 0 bridgehead atoms. The Labute approximate surface area is 184 Å². The fourth-order valence-corrected chi connectivity index (χ4v) is 5.31. The van der Waals surface area contributed by atoms with Gasteiger partial charge >= 0.3 is 5.97 Å². The van der Waals surface area contributed by atoms with Crippen LogP contribution in [-0.4, -0.2) is 44.3 Å². The molecule has 31 heavy (non-hydrogen) atoms. The lowest BCUT2D eigenvalue weighted by Gasteiger charge is -2.11. The Kier molecular flexibility index (Phi) is 7.01.